The van der Waals surface area contributed by atoms with Gasteiger partial charge in [0.15, 0.2) is 22.6 Å². The van der Waals surface area contributed by atoms with Gasteiger partial charge in [0.05, 0.1) is 34.2 Å². The topological polar surface area (TPSA) is 393 Å². The van der Waals surface area contributed by atoms with Gasteiger partial charge in [-0.25, -0.2) is 72.8 Å². The monoisotopic (exact) mass is 1880 g/mol. The summed E-state index contributed by atoms with van der Waals surface area (Å²) in [6.07, 6.45) is 1.97. The zero-order valence-corrected chi connectivity index (χ0v) is 76.5. The van der Waals surface area contributed by atoms with Gasteiger partial charge in [-0.1, -0.05) is 199 Å². The molecule has 1 amide bonds. The Balaban J connectivity index is 0.000000181. The first kappa shape index (κ1) is 98.4. The van der Waals surface area contributed by atoms with Gasteiger partial charge in [0.2, 0.25) is 0 Å². The number of pyridine rings is 5. The minimum Gasteiger partial charge on any atom is -0.449 e. The summed E-state index contributed by atoms with van der Waals surface area (Å²) in [6.45, 7) is 10.1. The summed E-state index contributed by atoms with van der Waals surface area (Å²) in [5, 5.41) is 67.1. The van der Waals surface area contributed by atoms with E-state index < -0.39 is 20.3 Å². The van der Waals surface area contributed by atoms with Crippen molar-refractivity contribution >= 4 is 156 Å². The molecule has 125 heavy (non-hydrogen) atoms. The van der Waals surface area contributed by atoms with Crippen LogP contribution in [-0.2, 0) is 76.6 Å². The predicted molar refractivity (Wildman–Crippen MR) is 490 cm³/mol. The van der Waals surface area contributed by atoms with Crippen LogP contribution < -0.4 is 45.0 Å². The molecule has 9 heterocycles. The Morgan fingerprint density at radius 3 is 1.22 bits per heavy atom. The normalized spacial score (nSPS) is 10.3. The zero-order valence-electron chi connectivity index (χ0n) is 68.6. The molecule has 11 N–H and O–H groups in total. The minimum atomic E-state index is -1.51. The number of carbonyl (C=O) groups is 3. The molecule has 0 bridgehead atoms. The Bertz CT molecular complexity index is 7240. The van der Waals surface area contributed by atoms with Gasteiger partial charge >= 0.3 is 43.1 Å². The van der Waals surface area contributed by atoms with Crippen molar-refractivity contribution in [3.05, 3.63) is 372 Å². The van der Waals surface area contributed by atoms with Crippen LogP contribution >= 0.6 is 34.8 Å². The number of hydrazine groups is 1. The van der Waals surface area contributed by atoms with Crippen LogP contribution in [0.2, 0.25) is 15.2 Å². The molecule has 0 aliphatic heterocycles. The summed E-state index contributed by atoms with van der Waals surface area (Å²) in [5.74, 6) is 4.63. The van der Waals surface area contributed by atoms with Crippen molar-refractivity contribution < 1.29 is 105 Å². The fourth-order valence-electron chi connectivity index (χ4n) is 13.3. The summed E-state index contributed by atoms with van der Waals surface area (Å²) < 4.78 is 10.6. The largest absolute Gasteiger partial charge is 0.488 e. The third kappa shape index (κ3) is 23.3. The fourth-order valence-corrected chi connectivity index (χ4v) is 13.9. The number of fused-ring (bicyclic) bond motifs is 13. The van der Waals surface area contributed by atoms with Gasteiger partial charge in [-0.2, -0.15) is 20.4 Å². The number of rotatable bonds is 9. The van der Waals surface area contributed by atoms with Crippen molar-refractivity contribution in [2.45, 2.75) is 41.0 Å². The van der Waals surface area contributed by atoms with Crippen molar-refractivity contribution in [2.24, 2.45) is 5.84 Å². The van der Waals surface area contributed by atoms with E-state index >= 15 is 0 Å². The number of ether oxygens (including phenoxy) is 1. The maximum Gasteiger partial charge on any atom is 0.488 e. The maximum atomic E-state index is 12.0. The number of aromatic nitrogens is 13. The molecule has 0 spiro atoms. The first-order valence-corrected chi connectivity index (χ1v) is 38.7. The third-order valence-corrected chi connectivity index (χ3v) is 20.2. The molecule has 19 aromatic rings. The number of benzene rings is 10. The number of aryl methyl sites for hydroxylation is 4. The second-order valence-corrected chi connectivity index (χ2v) is 28.1. The molecular weight excluding hydrogens is 1800 g/mol. The number of carbonyl (C=O) groups excluding carboxylic acids is 3. The van der Waals surface area contributed by atoms with Crippen LogP contribution in [-0.4, -0.2) is 123 Å². The number of aromatic amines is 4. The quantitative estimate of drug-likeness (QED) is 0.0122. The molecule has 0 atom stereocenters. The molecule has 0 aliphatic carbocycles. The van der Waals surface area contributed by atoms with Crippen molar-refractivity contribution in [1.29, 1.82) is 0 Å². The van der Waals surface area contributed by atoms with Gasteiger partial charge < -0.3 is 39.7 Å². The average molecular weight is 1880 g/mol. The first-order valence-electron chi connectivity index (χ1n) is 37.5. The number of H-pyrrole nitrogens is 4. The number of hydrogen-bond donors (Lipinski definition) is 10. The Hall–Kier alpha value is -12.1. The van der Waals surface area contributed by atoms with Crippen molar-refractivity contribution in [3.63, 3.8) is 0 Å². The molecule has 0 unspecified atom stereocenters. The van der Waals surface area contributed by atoms with Crippen LogP contribution in [0.15, 0.2) is 286 Å². The number of amides is 1. The van der Waals surface area contributed by atoms with Crippen LogP contribution in [0.3, 0.4) is 0 Å². The summed E-state index contributed by atoms with van der Waals surface area (Å²) in [4.78, 5) is 83.1. The smallest absolute Gasteiger partial charge is 0.449 e. The van der Waals surface area contributed by atoms with Gasteiger partial charge in [0, 0.05) is 114 Å². The van der Waals surface area contributed by atoms with Gasteiger partial charge in [-0.3, -0.25) is 15.0 Å². The predicted octanol–water partition coefficient (Wildman–Crippen LogP) is 14.2. The Labute approximate surface area is 781 Å². The van der Waals surface area contributed by atoms with E-state index in [4.69, 9.17) is 54.9 Å². The van der Waals surface area contributed by atoms with Gasteiger partial charge in [-0.05, 0) is 210 Å². The molecule has 9 aromatic heterocycles. The van der Waals surface area contributed by atoms with Crippen LogP contribution in [0.4, 0.5) is 4.79 Å². The van der Waals surface area contributed by atoms with Crippen LogP contribution in [0.5, 0.6) is 0 Å². The van der Waals surface area contributed by atoms with E-state index in [1.54, 1.807) is 93.1 Å². The molecule has 0 aliphatic rings. The number of nitrogens with two attached hydrogens (primary N) is 1. The standard InChI is InChI=1S/C19H17N3O.C18H13N3O2.C16H11N3O.C10H6ClN3O.C9H5Cl2N.C8H9BO3.C6H7BO2.C3H8N2O2.2CH3.2Y/c1-3-13-11-14(8-7-12(13)2)15-5-4-6-17-16(15)9-10-18-20-21-19(23)22(17)18;1-11-5-6-12(9-13(11)10-22)14-3-2-4-16-15(14)7-8-17-19-20-18(23)21(16)17;20-16-18-17-15-10-9-13-12(11-5-2-1-3-6-11)7-4-8-14(13)19(15)16;11-7-2-1-3-8-6(7)4-5-9-12-13-10(15)14(8)9;10-7-2-1-3-8-6(7)4-5-9(11)12-8;1-6-2-3-8(9(11)12)4-7(6)5-10;8-7(9)6-4-2-1-3-5-6;1-2-7-3(6)5-4;;;;/h4-11H,3H2,1-2H3,(H,21,23);2-10H,1H3,(H,20,23);1-10H,(H,18,20);1-5H,(H,13,15);1-5H;2-5,11-12H,1H3;1-5,8-9H;2,4H2,1H3,(H,5,6);2*1H3;;/q;;;;;;;;2*-1;;. The van der Waals surface area contributed by atoms with E-state index in [2.05, 4.69) is 113 Å². The molecule has 0 saturated heterocycles. The summed E-state index contributed by atoms with van der Waals surface area (Å²) in [7, 11) is -2.85. The molecule has 19 rings (SSSR count). The maximum absolute atomic E-state index is 12.0. The van der Waals surface area contributed by atoms with Gasteiger partial charge in [0.1, 0.15) is 17.7 Å². The number of nitrogens with one attached hydrogen (secondary N) is 5. The van der Waals surface area contributed by atoms with Crippen molar-refractivity contribution in [2.75, 3.05) is 6.61 Å². The molecule has 27 nitrogen and oxygen atoms in total. The van der Waals surface area contributed by atoms with Crippen LogP contribution in [0, 0.1) is 35.6 Å². The van der Waals surface area contributed by atoms with E-state index in [0.29, 0.717) is 72.7 Å². The molecule has 2 radical (unpaired) electrons. The van der Waals surface area contributed by atoms with Crippen LogP contribution in [0.1, 0.15) is 56.8 Å². The van der Waals surface area contributed by atoms with Crippen molar-refractivity contribution in [1.82, 2.24) is 68.8 Å². The molecule has 34 heteroatoms. The number of aldehydes is 2. The fraction of sp³-hybridized carbons (Fsp3) is 0.0769. The molecule has 628 valence electrons. The first-order chi connectivity index (χ1) is 58.5. The minimum absolute atomic E-state index is 0. The molecule has 10 aromatic carbocycles. The number of halogens is 3. The Morgan fingerprint density at radius 2 is 0.800 bits per heavy atom. The third-order valence-electron chi connectivity index (χ3n) is 19.3. The SMILES string of the molecule is CCOC(=O)NN.CCc1cc(-c2cccc3c2ccc2n[nH]c(=O)n23)ccc1C.Cc1ccc(-c2cccc3c2ccc2n[nH]c(=O)n23)cc1C=O.Cc1ccc(B(O)O)cc1C=O.Clc1ccc2c(Cl)cccc2n1.O=c1[nH]nc2ccc3c(-c4ccccc4)cccc3n12.O=c1[nH]nc2ccc3c(Cl)cccc3n12.OB(O)c1ccccc1.[CH3-].[CH3-].[Y].[Y]. The van der Waals surface area contributed by atoms with E-state index in [0.717, 1.165) is 106 Å². The average Bonchev–Trinajstić information content (AvgIpc) is 1.43. The van der Waals surface area contributed by atoms with E-state index in [1.165, 1.54) is 27.2 Å². The van der Waals surface area contributed by atoms with Crippen LogP contribution in [0.25, 0.3) is 110 Å². The van der Waals surface area contributed by atoms with Gasteiger partial charge in [-0.15, -0.1) is 0 Å². The Kier molecular flexibility index (Phi) is 36.3. The van der Waals surface area contributed by atoms with E-state index in [-0.39, 0.29) is 103 Å². The zero-order chi connectivity index (χ0) is 86.0. The van der Waals surface area contributed by atoms with Gasteiger partial charge in [0.25, 0.3) is 0 Å². The number of hydrogen-bond acceptors (Lipinski definition) is 18. The second kappa shape index (κ2) is 46.1. The summed E-state index contributed by atoms with van der Waals surface area (Å²) in [5.41, 5.74) is 20.3. The molecule has 0 fully saturated rings. The Morgan fingerprint density at radius 1 is 0.424 bits per heavy atom. The van der Waals surface area contributed by atoms with Crippen molar-refractivity contribution in [3.8, 4) is 33.4 Å². The second-order valence-electron chi connectivity index (χ2n) is 26.9. The molecular formula is C91H82B2Cl3N15O12Y2-2. The summed E-state index contributed by atoms with van der Waals surface area (Å²) in [6, 6.07) is 83.4. The molecule has 0 saturated carbocycles. The number of nitrogens with zero attached hydrogens (tertiary/aromatic N) is 9. The van der Waals surface area contributed by atoms with E-state index in [9.17, 15) is 33.6 Å². The van der Waals surface area contributed by atoms with E-state index in [1.807, 2.05) is 165 Å². The summed E-state index contributed by atoms with van der Waals surface area (Å²) >= 11 is 17.7.